The Bertz CT molecular complexity index is 736. The first-order valence-corrected chi connectivity index (χ1v) is 7.17. The van der Waals surface area contributed by atoms with Crippen molar-refractivity contribution in [1.29, 1.82) is 0 Å². The number of ether oxygens (including phenoxy) is 2. The molecule has 0 fully saturated rings. The Kier molecular flexibility index (Phi) is 5.73. The maximum Gasteiger partial charge on any atom is 0.279 e. The number of carbonyl (C=O) groups excluding carboxylic acids is 2. The van der Waals surface area contributed by atoms with Crippen LogP contribution >= 0.6 is 0 Å². The molecule has 0 aliphatic rings. The first kappa shape index (κ1) is 17.3. The topological polar surface area (TPSA) is 76.7 Å². The van der Waals surface area contributed by atoms with Gasteiger partial charge in [-0.2, -0.15) is 0 Å². The molecule has 2 N–H and O–H groups in total. The minimum Gasteiger partial charge on any atom is -0.496 e. The second-order valence-electron chi connectivity index (χ2n) is 4.83. The fraction of sp³-hybridized carbons (Fsp3) is 0.176. The predicted molar refractivity (Wildman–Crippen MR) is 85.1 cm³/mol. The van der Waals surface area contributed by atoms with Gasteiger partial charge in [-0.1, -0.05) is 24.3 Å². The van der Waals surface area contributed by atoms with Crippen LogP contribution in [-0.2, 0) is 4.79 Å². The molecule has 6 nitrogen and oxygen atoms in total. The predicted octanol–water partition coefficient (Wildman–Crippen LogP) is 2.06. The van der Waals surface area contributed by atoms with Gasteiger partial charge in [-0.25, -0.2) is 4.39 Å². The third kappa shape index (κ3) is 4.22. The minimum absolute atomic E-state index is 0.0452. The van der Waals surface area contributed by atoms with E-state index in [-0.39, 0.29) is 11.3 Å². The molecule has 0 heterocycles. The smallest absolute Gasteiger partial charge is 0.279 e. The molecule has 1 atom stereocenters. The number of hydrogen-bond acceptors (Lipinski definition) is 4. The molecule has 2 aromatic carbocycles. The lowest BCUT2D eigenvalue weighted by molar-refractivity contribution is -0.128. The summed E-state index contributed by atoms with van der Waals surface area (Å²) in [7, 11) is 1.44. The third-order valence-electron chi connectivity index (χ3n) is 3.16. The average molecular weight is 332 g/mol. The Morgan fingerprint density at radius 1 is 1.00 bits per heavy atom. The van der Waals surface area contributed by atoms with Gasteiger partial charge in [0.1, 0.15) is 5.75 Å². The zero-order valence-corrected chi connectivity index (χ0v) is 13.2. The first-order chi connectivity index (χ1) is 11.5. The van der Waals surface area contributed by atoms with Gasteiger partial charge in [0, 0.05) is 0 Å². The Labute approximate surface area is 138 Å². The first-order valence-electron chi connectivity index (χ1n) is 7.17. The molecule has 0 saturated carbocycles. The number of hydrazine groups is 1. The fourth-order valence-corrected chi connectivity index (χ4v) is 1.90. The van der Waals surface area contributed by atoms with Gasteiger partial charge in [0.25, 0.3) is 11.8 Å². The van der Waals surface area contributed by atoms with E-state index in [0.29, 0.717) is 5.75 Å². The SMILES string of the molecule is COc1ccccc1C(=O)NNC(=O)[C@H](C)Oc1ccccc1F. The number of nitrogens with one attached hydrogen (secondary N) is 2. The molecule has 0 aromatic heterocycles. The molecule has 0 radical (unpaired) electrons. The zero-order chi connectivity index (χ0) is 17.5. The van der Waals surface area contributed by atoms with Crippen LogP contribution in [0.5, 0.6) is 11.5 Å². The van der Waals surface area contributed by atoms with Crippen molar-refractivity contribution in [3.63, 3.8) is 0 Å². The molecule has 7 heteroatoms. The Morgan fingerprint density at radius 2 is 1.62 bits per heavy atom. The van der Waals surface area contributed by atoms with Gasteiger partial charge in [-0.3, -0.25) is 20.4 Å². The summed E-state index contributed by atoms with van der Waals surface area (Å²) in [5.41, 5.74) is 4.76. The van der Waals surface area contributed by atoms with E-state index in [1.807, 2.05) is 0 Å². The van der Waals surface area contributed by atoms with Gasteiger partial charge in [-0.15, -0.1) is 0 Å². The van der Waals surface area contributed by atoms with E-state index in [1.165, 1.54) is 32.2 Å². The monoisotopic (exact) mass is 332 g/mol. The summed E-state index contributed by atoms with van der Waals surface area (Å²) in [6.45, 7) is 1.44. The van der Waals surface area contributed by atoms with Crippen LogP contribution in [0.3, 0.4) is 0 Å². The largest absolute Gasteiger partial charge is 0.496 e. The van der Waals surface area contributed by atoms with E-state index in [9.17, 15) is 14.0 Å². The standard InChI is InChI=1S/C17H17FN2O4/c1-11(24-15-10-6-4-8-13(15)18)16(21)19-20-17(22)12-7-3-5-9-14(12)23-2/h3-11H,1-2H3,(H,19,21)(H,20,22)/t11-/m0/s1. The highest BCUT2D eigenvalue weighted by Gasteiger charge is 2.18. The molecule has 0 aliphatic carbocycles. The normalized spacial score (nSPS) is 11.3. The van der Waals surface area contributed by atoms with Crippen molar-refractivity contribution in [2.75, 3.05) is 7.11 Å². The average Bonchev–Trinajstić information content (AvgIpc) is 2.61. The zero-order valence-electron chi connectivity index (χ0n) is 13.2. The molecule has 0 saturated heterocycles. The van der Waals surface area contributed by atoms with E-state index in [1.54, 1.807) is 30.3 Å². The van der Waals surface area contributed by atoms with Crippen LogP contribution in [0.2, 0.25) is 0 Å². The van der Waals surface area contributed by atoms with Crippen LogP contribution in [0.1, 0.15) is 17.3 Å². The van der Waals surface area contributed by atoms with E-state index < -0.39 is 23.7 Å². The summed E-state index contributed by atoms with van der Waals surface area (Å²) >= 11 is 0. The molecule has 0 aliphatic heterocycles. The van der Waals surface area contributed by atoms with Crippen molar-refractivity contribution in [1.82, 2.24) is 10.9 Å². The minimum atomic E-state index is -1.00. The van der Waals surface area contributed by atoms with Crippen molar-refractivity contribution >= 4 is 11.8 Å². The van der Waals surface area contributed by atoms with Gasteiger partial charge in [0.05, 0.1) is 12.7 Å². The molecule has 0 unspecified atom stereocenters. The molecule has 126 valence electrons. The Hall–Kier alpha value is -3.09. The summed E-state index contributed by atoms with van der Waals surface area (Å²) in [4.78, 5) is 24.0. The van der Waals surface area contributed by atoms with E-state index in [4.69, 9.17) is 9.47 Å². The number of hydrogen-bond donors (Lipinski definition) is 2. The van der Waals surface area contributed by atoms with Gasteiger partial charge in [-0.05, 0) is 31.2 Å². The highest BCUT2D eigenvalue weighted by atomic mass is 19.1. The van der Waals surface area contributed by atoms with Crippen molar-refractivity contribution in [2.45, 2.75) is 13.0 Å². The number of carbonyl (C=O) groups is 2. The summed E-state index contributed by atoms with van der Waals surface area (Å²) in [6, 6.07) is 12.3. The Morgan fingerprint density at radius 3 is 2.29 bits per heavy atom. The summed E-state index contributed by atoms with van der Waals surface area (Å²) in [5, 5.41) is 0. The summed E-state index contributed by atoms with van der Waals surface area (Å²) in [6.07, 6.45) is -1.00. The molecule has 24 heavy (non-hydrogen) atoms. The van der Waals surface area contributed by atoms with Crippen LogP contribution in [0.4, 0.5) is 4.39 Å². The summed E-state index contributed by atoms with van der Waals surface area (Å²) in [5.74, 6) is -1.41. The van der Waals surface area contributed by atoms with Crippen molar-refractivity contribution in [3.05, 3.63) is 59.9 Å². The highest BCUT2D eigenvalue weighted by Crippen LogP contribution is 2.17. The van der Waals surface area contributed by atoms with Crippen LogP contribution in [-0.4, -0.2) is 25.0 Å². The summed E-state index contributed by atoms with van der Waals surface area (Å²) < 4.78 is 23.8. The van der Waals surface area contributed by atoms with Gasteiger partial charge in [0.2, 0.25) is 0 Å². The number of amides is 2. The molecular formula is C17H17FN2O4. The lowest BCUT2D eigenvalue weighted by Gasteiger charge is -2.16. The van der Waals surface area contributed by atoms with Gasteiger partial charge < -0.3 is 9.47 Å². The van der Waals surface area contributed by atoms with Crippen LogP contribution in [0.25, 0.3) is 0 Å². The van der Waals surface area contributed by atoms with Gasteiger partial charge in [0.15, 0.2) is 17.7 Å². The molecule has 2 rings (SSSR count). The molecule has 0 bridgehead atoms. The molecule has 2 aromatic rings. The number of para-hydroxylation sites is 2. The van der Waals surface area contributed by atoms with Crippen LogP contribution < -0.4 is 20.3 Å². The second kappa shape index (κ2) is 7.96. The fourth-order valence-electron chi connectivity index (χ4n) is 1.90. The molecule has 2 amide bonds. The maximum absolute atomic E-state index is 13.5. The van der Waals surface area contributed by atoms with E-state index >= 15 is 0 Å². The number of methoxy groups -OCH3 is 1. The lowest BCUT2D eigenvalue weighted by Crippen LogP contribution is -2.47. The number of benzene rings is 2. The number of rotatable bonds is 5. The van der Waals surface area contributed by atoms with Gasteiger partial charge >= 0.3 is 0 Å². The highest BCUT2D eigenvalue weighted by molar-refractivity contribution is 5.98. The maximum atomic E-state index is 13.5. The van der Waals surface area contributed by atoms with Crippen LogP contribution in [0, 0.1) is 5.82 Å². The lowest BCUT2D eigenvalue weighted by atomic mass is 10.2. The van der Waals surface area contributed by atoms with Crippen molar-refractivity contribution < 1.29 is 23.5 Å². The number of halogens is 1. The van der Waals surface area contributed by atoms with E-state index in [0.717, 1.165) is 0 Å². The molecular weight excluding hydrogens is 315 g/mol. The second-order valence-corrected chi connectivity index (χ2v) is 4.83. The quantitative estimate of drug-likeness (QED) is 0.822. The van der Waals surface area contributed by atoms with Crippen LogP contribution in [0.15, 0.2) is 48.5 Å². The third-order valence-corrected chi connectivity index (χ3v) is 3.16. The van der Waals surface area contributed by atoms with E-state index in [2.05, 4.69) is 10.9 Å². The Balaban J connectivity index is 1.92. The molecule has 0 spiro atoms. The van der Waals surface area contributed by atoms with Crippen molar-refractivity contribution in [2.24, 2.45) is 0 Å². The van der Waals surface area contributed by atoms with Crippen molar-refractivity contribution in [3.8, 4) is 11.5 Å².